The van der Waals surface area contributed by atoms with Gasteiger partial charge in [-0.1, -0.05) is 46.4 Å². The predicted octanol–water partition coefficient (Wildman–Crippen LogP) is 2.04. The fourth-order valence-electron chi connectivity index (χ4n) is 2.04. The lowest BCUT2D eigenvalue weighted by Crippen LogP contribution is -2.56. The van der Waals surface area contributed by atoms with Crippen molar-refractivity contribution in [2.75, 3.05) is 27.0 Å². The van der Waals surface area contributed by atoms with Gasteiger partial charge in [0.15, 0.2) is 17.6 Å². The molecule has 1 rings (SSSR count). The summed E-state index contributed by atoms with van der Waals surface area (Å²) in [5.74, 6) is -3.12. The molecule has 142 valence electrons. The van der Waals surface area contributed by atoms with E-state index in [4.69, 9.17) is 55.9 Å². The van der Waals surface area contributed by atoms with Gasteiger partial charge >= 0.3 is 0 Å². The molecule has 11 heteroatoms. The molecule has 0 fully saturated rings. The molecule has 1 amide bonds. The Kier molecular flexibility index (Phi) is 8.60. The number of allylic oxidation sites excluding steroid dienone is 2. The van der Waals surface area contributed by atoms with E-state index >= 15 is 0 Å². The molecule has 0 saturated carbocycles. The Morgan fingerprint density at radius 1 is 1.48 bits per heavy atom. The number of alkyl halides is 4. The van der Waals surface area contributed by atoms with Crippen LogP contribution in [0, 0.1) is 5.92 Å². The zero-order valence-electron chi connectivity index (χ0n) is 13.0. The molecular formula is C14H16Cl4FNO5. The summed E-state index contributed by atoms with van der Waals surface area (Å²) in [6.07, 6.45) is 1.99. The fraction of sp³-hybridized carbons (Fsp3) is 0.571. The van der Waals surface area contributed by atoms with Gasteiger partial charge in [-0.05, 0) is 18.2 Å². The van der Waals surface area contributed by atoms with Crippen molar-refractivity contribution in [1.82, 2.24) is 5.32 Å². The number of rotatable bonds is 8. The second kappa shape index (κ2) is 9.50. The maximum atomic E-state index is 12.5. The topological polar surface area (TPSA) is 84.9 Å². The summed E-state index contributed by atoms with van der Waals surface area (Å²) >= 11 is 22.9. The van der Waals surface area contributed by atoms with E-state index in [1.54, 1.807) is 0 Å². The third kappa shape index (κ3) is 6.06. The molecule has 0 saturated heterocycles. The van der Waals surface area contributed by atoms with Crippen LogP contribution in [0.3, 0.4) is 0 Å². The summed E-state index contributed by atoms with van der Waals surface area (Å²) in [4.78, 5) is 24.7. The number of carbonyl (C=O) groups is 2. The highest BCUT2D eigenvalue weighted by molar-refractivity contribution is 6.68. The SMILES string of the molecule is COCC(=O)C1(O)C=CC(Cl)=CC1C(=O)NC(OCCF)C(Cl)(Cl)Cl. The standard InChI is InChI=1S/C14H16Cl4FNO5/c1-24-7-10(21)13(23)3-2-8(15)6-9(13)11(22)20-12(14(16,17)18)25-5-4-19/h2-3,6,9,12,23H,4-5,7H2,1H3,(H,20,22). The minimum Gasteiger partial charge on any atom is -0.377 e. The van der Waals surface area contributed by atoms with Gasteiger partial charge in [-0.25, -0.2) is 4.39 Å². The van der Waals surface area contributed by atoms with Crippen LogP contribution in [0.15, 0.2) is 23.3 Å². The normalized spacial score (nSPS) is 24.6. The minimum absolute atomic E-state index is 0.116. The largest absolute Gasteiger partial charge is 0.377 e. The number of ether oxygens (including phenoxy) is 2. The molecular weight excluding hydrogens is 423 g/mol. The molecule has 2 N–H and O–H groups in total. The quantitative estimate of drug-likeness (QED) is 0.447. The maximum Gasteiger partial charge on any atom is 0.234 e. The first-order chi connectivity index (χ1) is 11.6. The van der Waals surface area contributed by atoms with Crippen molar-refractivity contribution < 1.29 is 28.6 Å². The second-order valence-corrected chi connectivity index (χ2v) is 7.84. The van der Waals surface area contributed by atoms with E-state index in [1.807, 2.05) is 0 Å². The highest BCUT2D eigenvalue weighted by atomic mass is 35.6. The Hall–Kier alpha value is -0.410. The lowest BCUT2D eigenvalue weighted by atomic mass is 9.80. The van der Waals surface area contributed by atoms with Gasteiger partial charge in [-0.3, -0.25) is 9.59 Å². The number of methoxy groups -OCH3 is 1. The second-order valence-electron chi connectivity index (χ2n) is 5.03. The van der Waals surface area contributed by atoms with E-state index in [1.165, 1.54) is 13.2 Å². The number of ketones is 1. The highest BCUT2D eigenvalue weighted by Crippen LogP contribution is 2.33. The minimum atomic E-state index is -2.21. The number of carbonyl (C=O) groups excluding carboxylic acids is 2. The van der Waals surface area contributed by atoms with Crippen LogP contribution in [0.2, 0.25) is 0 Å². The molecule has 1 aliphatic rings. The number of hydrogen-bond acceptors (Lipinski definition) is 5. The van der Waals surface area contributed by atoms with Gasteiger partial charge in [0.2, 0.25) is 9.70 Å². The molecule has 0 aromatic carbocycles. The summed E-state index contributed by atoms with van der Waals surface area (Å²) < 4.78 is 19.8. The summed E-state index contributed by atoms with van der Waals surface area (Å²) in [5, 5.41) is 13.0. The van der Waals surface area contributed by atoms with Crippen molar-refractivity contribution in [2.45, 2.75) is 15.6 Å². The Bertz CT molecular complexity index is 566. The van der Waals surface area contributed by atoms with Crippen LogP contribution in [0.1, 0.15) is 0 Å². The molecule has 3 atom stereocenters. The van der Waals surface area contributed by atoms with Gasteiger partial charge in [0.25, 0.3) is 0 Å². The first-order valence-electron chi connectivity index (χ1n) is 6.92. The average molecular weight is 439 g/mol. The maximum absolute atomic E-state index is 12.5. The molecule has 0 radical (unpaired) electrons. The number of nitrogens with one attached hydrogen (secondary N) is 1. The van der Waals surface area contributed by atoms with Crippen LogP contribution >= 0.6 is 46.4 Å². The molecule has 0 aliphatic heterocycles. The van der Waals surface area contributed by atoms with Crippen LogP contribution in [0.5, 0.6) is 0 Å². The Morgan fingerprint density at radius 2 is 2.12 bits per heavy atom. The van der Waals surface area contributed by atoms with Gasteiger partial charge in [0, 0.05) is 12.1 Å². The molecule has 25 heavy (non-hydrogen) atoms. The van der Waals surface area contributed by atoms with Gasteiger partial charge < -0.3 is 19.9 Å². The third-order valence-electron chi connectivity index (χ3n) is 3.23. The van der Waals surface area contributed by atoms with E-state index in [0.29, 0.717) is 0 Å². The number of aliphatic hydroxyl groups is 1. The van der Waals surface area contributed by atoms with E-state index in [0.717, 1.165) is 12.2 Å². The zero-order valence-corrected chi connectivity index (χ0v) is 16.0. The molecule has 0 bridgehead atoms. The molecule has 1 aliphatic carbocycles. The summed E-state index contributed by atoms with van der Waals surface area (Å²) in [7, 11) is 1.26. The molecule has 0 aromatic rings. The summed E-state index contributed by atoms with van der Waals surface area (Å²) in [6, 6.07) is 0. The van der Waals surface area contributed by atoms with E-state index < -0.39 is 53.1 Å². The number of Topliss-reactive ketones (excluding diaryl/α,β-unsaturated/α-hetero) is 1. The Balaban J connectivity index is 3.05. The lowest BCUT2D eigenvalue weighted by molar-refractivity contribution is -0.148. The number of halogens is 5. The van der Waals surface area contributed by atoms with Crippen molar-refractivity contribution in [3.05, 3.63) is 23.3 Å². The van der Waals surface area contributed by atoms with Gasteiger partial charge in [-0.2, -0.15) is 0 Å². The van der Waals surface area contributed by atoms with E-state index in [-0.39, 0.29) is 5.03 Å². The summed E-state index contributed by atoms with van der Waals surface area (Å²) in [6.45, 7) is -1.75. The Morgan fingerprint density at radius 3 is 2.64 bits per heavy atom. The van der Waals surface area contributed by atoms with Gasteiger partial charge in [0.05, 0.1) is 12.5 Å². The fourth-order valence-corrected chi connectivity index (χ4v) is 2.58. The number of hydrogen-bond donors (Lipinski definition) is 2. The molecule has 3 unspecified atom stereocenters. The first-order valence-corrected chi connectivity index (χ1v) is 8.43. The van der Waals surface area contributed by atoms with Crippen LogP contribution in [0.4, 0.5) is 4.39 Å². The van der Waals surface area contributed by atoms with Crippen molar-refractivity contribution in [3.8, 4) is 0 Å². The third-order valence-corrected chi connectivity index (χ3v) is 4.08. The molecule has 0 aromatic heterocycles. The van der Waals surface area contributed by atoms with Gasteiger partial charge in [0.1, 0.15) is 13.3 Å². The average Bonchev–Trinajstić information content (AvgIpc) is 2.52. The summed E-state index contributed by atoms with van der Waals surface area (Å²) in [5.41, 5.74) is -2.21. The van der Waals surface area contributed by atoms with E-state index in [2.05, 4.69) is 5.32 Å². The highest BCUT2D eigenvalue weighted by Gasteiger charge is 2.47. The lowest BCUT2D eigenvalue weighted by Gasteiger charge is -2.34. The van der Waals surface area contributed by atoms with Crippen molar-refractivity contribution in [3.63, 3.8) is 0 Å². The van der Waals surface area contributed by atoms with Crippen LogP contribution in [-0.4, -0.2) is 59.4 Å². The molecule has 0 spiro atoms. The van der Waals surface area contributed by atoms with Crippen LogP contribution < -0.4 is 5.32 Å². The van der Waals surface area contributed by atoms with Crippen LogP contribution in [0.25, 0.3) is 0 Å². The molecule has 6 nitrogen and oxygen atoms in total. The first kappa shape index (κ1) is 22.6. The van der Waals surface area contributed by atoms with Crippen molar-refractivity contribution in [1.29, 1.82) is 0 Å². The Labute approximate surface area is 163 Å². The number of amides is 1. The van der Waals surface area contributed by atoms with E-state index in [9.17, 15) is 19.1 Å². The van der Waals surface area contributed by atoms with Crippen LogP contribution in [-0.2, 0) is 19.1 Å². The van der Waals surface area contributed by atoms with Gasteiger partial charge in [-0.15, -0.1) is 0 Å². The zero-order chi connectivity index (χ0) is 19.3. The smallest absolute Gasteiger partial charge is 0.234 e. The monoisotopic (exact) mass is 437 g/mol. The predicted molar refractivity (Wildman–Crippen MR) is 92.5 cm³/mol. The van der Waals surface area contributed by atoms with Crippen molar-refractivity contribution in [2.24, 2.45) is 5.92 Å². The van der Waals surface area contributed by atoms with Crippen molar-refractivity contribution >= 4 is 58.1 Å². The molecule has 0 heterocycles.